The van der Waals surface area contributed by atoms with Crippen molar-refractivity contribution in [3.8, 4) is 11.5 Å². The Morgan fingerprint density at radius 3 is 2.38 bits per heavy atom. The summed E-state index contributed by atoms with van der Waals surface area (Å²) in [6.07, 6.45) is -0.152. The molecule has 5 heteroatoms. The van der Waals surface area contributed by atoms with Gasteiger partial charge in [-0.05, 0) is 25.6 Å². The average Bonchev–Trinajstić information content (AvgIpc) is 2.31. The van der Waals surface area contributed by atoms with Gasteiger partial charge in [0.1, 0.15) is 11.5 Å². The molecule has 1 aromatic carbocycles. The van der Waals surface area contributed by atoms with E-state index >= 15 is 0 Å². The average molecular weight is 225 g/mol. The van der Waals surface area contributed by atoms with Gasteiger partial charge in [0.2, 0.25) is 0 Å². The Hall–Kier alpha value is -1.30. The van der Waals surface area contributed by atoms with Gasteiger partial charge in [0.25, 0.3) is 0 Å². The molecule has 1 aromatic rings. The molecule has 1 rings (SSSR count). The molecule has 0 bridgehead atoms. The number of hydrogen-bond acceptors (Lipinski definition) is 5. The number of rotatable bonds is 5. The van der Waals surface area contributed by atoms with Crippen LogP contribution >= 0.6 is 0 Å². The lowest BCUT2D eigenvalue weighted by Crippen LogP contribution is -2.37. The normalized spacial score (nSPS) is 12.3. The number of hydrazine groups is 1. The second-order valence-electron chi connectivity index (χ2n) is 3.45. The van der Waals surface area contributed by atoms with Crippen molar-refractivity contribution in [3.05, 3.63) is 23.3 Å². The van der Waals surface area contributed by atoms with Crippen LogP contribution < -0.4 is 26.1 Å². The summed E-state index contributed by atoms with van der Waals surface area (Å²) >= 11 is 0. The largest absolute Gasteiger partial charge is 0.497 e. The zero-order valence-corrected chi connectivity index (χ0v) is 10.1. The highest BCUT2D eigenvalue weighted by molar-refractivity contribution is 5.47. The van der Waals surface area contributed by atoms with Gasteiger partial charge in [0.15, 0.2) is 0 Å². The van der Waals surface area contributed by atoms with Crippen molar-refractivity contribution in [1.29, 1.82) is 0 Å². The minimum absolute atomic E-state index is 0.152. The molecule has 0 heterocycles. The van der Waals surface area contributed by atoms with Gasteiger partial charge in [-0.25, -0.2) is 5.43 Å². The summed E-state index contributed by atoms with van der Waals surface area (Å²) in [5.41, 5.74) is 4.72. The van der Waals surface area contributed by atoms with E-state index in [2.05, 4.69) is 10.7 Å². The molecule has 0 aliphatic heterocycles. The fraction of sp³-hybridized carbons (Fsp3) is 0.455. The van der Waals surface area contributed by atoms with Gasteiger partial charge in [0.05, 0.1) is 20.4 Å². The molecule has 16 heavy (non-hydrogen) atoms. The summed E-state index contributed by atoms with van der Waals surface area (Å²) in [5, 5.41) is 3.06. The molecule has 0 aliphatic carbocycles. The molecule has 4 N–H and O–H groups in total. The van der Waals surface area contributed by atoms with Crippen LogP contribution in [0.15, 0.2) is 12.1 Å². The van der Waals surface area contributed by atoms with E-state index in [-0.39, 0.29) is 6.17 Å². The van der Waals surface area contributed by atoms with Crippen LogP contribution in [0.3, 0.4) is 0 Å². The van der Waals surface area contributed by atoms with Crippen LogP contribution in [0.4, 0.5) is 0 Å². The lowest BCUT2D eigenvalue weighted by Gasteiger charge is -2.21. The van der Waals surface area contributed by atoms with E-state index in [9.17, 15) is 0 Å². The molecule has 0 aromatic heterocycles. The van der Waals surface area contributed by atoms with E-state index in [1.165, 1.54) is 0 Å². The second-order valence-corrected chi connectivity index (χ2v) is 3.45. The van der Waals surface area contributed by atoms with E-state index in [1.807, 2.05) is 26.1 Å². The third-order valence-electron chi connectivity index (χ3n) is 2.52. The number of nitrogens with one attached hydrogen (secondary N) is 2. The predicted octanol–water partition coefficient (Wildman–Crippen LogP) is 0.694. The quantitative estimate of drug-likeness (QED) is 0.391. The van der Waals surface area contributed by atoms with Crippen molar-refractivity contribution in [2.75, 3.05) is 21.3 Å². The van der Waals surface area contributed by atoms with E-state index in [4.69, 9.17) is 15.3 Å². The molecule has 0 spiro atoms. The number of benzene rings is 1. The third kappa shape index (κ3) is 2.44. The fourth-order valence-electron chi connectivity index (χ4n) is 1.70. The minimum atomic E-state index is -0.152. The summed E-state index contributed by atoms with van der Waals surface area (Å²) < 4.78 is 10.5. The number of hydrogen-bond donors (Lipinski definition) is 3. The second kappa shape index (κ2) is 5.69. The van der Waals surface area contributed by atoms with Crippen LogP contribution in [-0.2, 0) is 0 Å². The van der Waals surface area contributed by atoms with E-state index in [1.54, 1.807) is 14.2 Å². The van der Waals surface area contributed by atoms with Gasteiger partial charge >= 0.3 is 0 Å². The van der Waals surface area contributed by atoms with Gasteiger partial charge < -0.3 is 14.8 Å². The summed E-state index contributed by atoms with van der Waals surface area (Å²) in [6.45, 7) is 1.99. The fourth-order valence-corrected chi connectivity index (χ4v) is 1.70. The Morgan fingerprint density at radius 2 is 1.94 bits per heavy atom. The maximum Gasteiger partial charge on any atom is 0.128 e. The van der Waals surface area contributed by atoms with Gasteiger partial charge in [-0.3, -0.25) is 5.84 Å². The van der Waals surface area contributed by atoms with Crippen molar-refractivity contribution in [2.45, 2.75) is 13.1 Å². The first kappa shape index (κ1) is 12.8. The molecule has 1 atom stereocenters. The first-order valence-corrected chi connectivity index (χ1v) is 5.03. The van der Waals surface area contributed by atoms with Gasteiger partial charge in [0, 0.05) is 11.6 Å². The zero-order valence-electron chi connectivity index (χ0n) is 10.1. The number of nitrogens with two attached hydrogens (primary N) is 1. The Bertz CT molecular complexity index is 351. The highest BCUT2D eigenvalue weighted by atomic mass is 16.5. The molecule has 0 saturated carbocycles. The molecular weight excluding hydrogens is 206 g/mol. The van der Waals surface area contributed by atoms with Crippen LogP contribution in [0.5, 0.6) is 11.5 Å². The maximum absolute atomic E-state index is 5.48. The Labute approximate surface area is 95.9 Å². The monoisotopic (exact) mass is 225 g/mol. The van der Waals surface area contributed by atoms with Crippen molar-refractivity contribution >= 4 is 0 Å². The summed E-state index contributed by atoms with van der Waals surface area (Å²) in [7, 11) is 5.08. The van der Waals surface area contributed by atoms with Crippen molar-refractivity contribution < 1.29 is 9.47 Å². The third-order valence-corrected chi connectivity index (χ3v) is 2.52. The molecule has 0 amide bonds. The molecule has 90 valence electrons. The van der Waals surface area contributed by atoms with Crippen molar-refractivity contribution in [1.82, 2.24) is 10.7 Å². The lowest BCUT2D eigenvalue weighted by molar-refractivity contribution is 0.377. The van der Waals surface area contributed by atoms with Crippen LogP contribution in [0.2, 0.25) is 0 Å². The molecule has 0 saturated heterocycles. The van der Waals surface area contributed by atoms with Crippen LogP contribution in [0.25, 0.3) is 0 Å². The first-order valence-electron chi connectivity index (χ1n) is 5.03. The number of ether oxygens (including phenoxy) is 2. The van der Waals surface area contributed by atoms with E-state index in [0.29, 0.717) is 0 Å². The van der Waals surface area contributed by atoms with Crippen LogP contribution in [0.1, 0.15) is 17.3 Å². The van der Waals surface area contributed by atoms with Gasteiger partial charge in [-0.15, -0.1) is 0 Å². The highest BCUT2D eigenvalue weighted by Gasteiger charge is 2.16. The van der Waals surface area contributed by atoms with Crippen LogP contribution in [0, 0.1) is 6.92 Å². The van der Waals surface area contributed by atoms with Crippen molar-refractivity contribution in [3.63, 3.8) is 0 Å². The SMILES string of the molecule is CNC(NN)c1c(C)cc(OC)cc1OC. The zero-order chi connectivity index (χ0) is 12.1. The lowest BCUT2D eigenvalue weighted by atomic mass is 10.0. The molecular formula is C11H19N3O2. The highest BCUT2D eigenvalue weighted by Crippen LogP contribution is 2.31. The Morgan fingerprint density at radius 1 is 1.25 bits per heavy atom. The predicted molar refractivity (Wildman–Crippen MR) is 63.4 cm³/mol. The smallest absolute Gasteiger partial charge is 0.128 e. The molecule has 5 nitrogen and oxygen atoms in total. The van der Waals surface area contributed by atoms with E-state index in [0.717, 1.165) is 22.6 Å². The van der Waals surface area contributed by atoms with E-state index < -0.39 is 0 Å². The summed E-state index contributed by atoms with van der Waals surface area (Å²) in [6, 6.07) is 3.78. The van der Waals surface area contributed by atoms with Gasteiger partial charge in [-0.2, -0.15) is 0 Å². The minimum Gasteiger partial charge on any atom is -0.497 e. The molecule has 1 unspecified atom stereocenters. The number of methoxy groups -OCH3 is 2. The summed E-state index contributed by atoms with van der Waals surface area (Å²) in [4.78, 5) is 0. The first-order chi connectivity index (χ1) is 7.67. The Kier molecular flexibility index (Phi) is 4.54. The number of aryl methyl sites for hydroxylation is 1. The van der Waals surface area contributed by atoms with Crippen molar-refractivity contribution in [2.24, 2.45) is 5.84 Å². The topological polar surface area (TPSA) is 68.5 Å². The maximum atomic E-state index is 5.48. The molecule has 0 fully saturated rings. The molecule has 0 radical (unpaired) electrons. The summed E-state index contributed by atoms with van der Waals surface area (Å²) in [5.74, 6) is 6.99. The standard InChI is InChI=1S/C11H19N3O2/c1-7-5-8(15-3)6-9(16-4)10(7)11(13-2)14-12/h5-6,11,13-14H,12H2,1-4H3. The van der Waals surface area contributed by atoms with Gasteiger partial charge in [-0.1, -0.05) is 0 Å². The molecule has 0 aliphatic rings. The van der Waals surface area contributed by atoms with Crippen LogP contribution in [-0.4, -0.2) is 21.3 Å². The Balaban J connectivity index is 3.25.